The minimum Gasteiger partial charge on any atom is -0.477 e. The SMILES string of the molecule is Cn1cc(S(=O)(=O)n2ccc(C(=O)Nc3ccc(C(F)(F)F)cc3)c2)cc1C(=O)O. The third-order valence-corrected chi connectivity index (χ3v) is 5.78. The summed E-state index contributed by atoms with van der Waals surface area (Å²) in [4.78, 5) is 23.1. The van der Waals surface area contributed by atoms with E-state index in [4.69, 9.17) is 5.11 Å². The predicted octanol–water partition coefficient (Wildman–Crippen LogP) is 3.03. The van der Waals surface area contributed by atoms with Crippen LogP contribution in [0.1, 0.15) is 26.4 Å². The van der Waals surface area contributed by atoms with Crippen LogP contribution in [0.3, 0.4) is 0 Å². The van der Waals surface area contributed by atoms with Crippen molar-refractivity contribution >= 4 is 27.6 Å². The van der Waals surface area contributed by atoms with Crippen LogP contribution >= 0.6 is 0 Å². The number of amides is 1. The van der Waals surface area contributed by atoms with Crippen molar-refractivity contribution in [2.75, 3.05) is 5.32 Å². The number of carboxylic acid groups (broad SMARTS) is 1. The van der Waals surface area contributed by atoms with Gasteiger partial charge in [0.1, 0.15) is 10.6 Å². The molecule has 0 aliphatic carbocycles. The van der Waals surface area contributed by atoms with Gasteiger partial charge in [0.2, 0.25) is 0 Å². The fourth-order valence-electron chi connectivity index (χ4n) is 2.62. The summed E-state index contributed by atoms with van der Waals surface area (Å²) >= 11 is 0. The molecule has 0 aliphatic heterocycles. The van der Waals surface area contributed by atoms with E-state index in [-0.39, 0.29) is 21.8 Å². The second kappa shape index (κ2) is 7.37. The number of nitrogens with zero attached hydrogens (tertiary/aromatic N) is 2. The monoisotopic (exact) mass is 441 g/mol. The highest BCUT2D eigenvalue weighted by Gasteiger charge is 2.30. The fourth-order valence-corrected chi connectivity index (χ4v) is 3.88. The van der Waals surface area contributed by atoms with Gasteiger partial charge in [-0.05, 0) is 36.4 Å². The normalized spacial score (nSPS) is 12.0. The summed E-state index contributed by atoms with van der Waals surface area (Å²) in [6.45, 7) is 0. The Morgan fingerprint density at radius 2 is 1.70 bits per heavy atom. The smallest absolute Gasteiger partial charge is 0.416 e. The van der Waals surface area contributed by atoms with Gasteiger partial charge < -0.3 is 15.0 Å². The lowest BCUT2D eigenvalue weighted by molar-refractivity contribution is -0.137. The molecule has 158 valence electrons. The van der Waals surface area contributed by atoms with E-state index < -0.39 is 33.6 Å². The van der Waals surface area contributed by atoms with Gasteiger partial charge in [0, 0.05) is 31.3 Å². The second-order valence-corrected chi connectivity index (χ2v) is 8.08. The minimum atomic E-state index is -4.51. The van der Waals surface area contributed by atoms with Gasteiger partial charge in [0.15, 0.2) is 0 Å². The number of carbonyl (C=O) groups excluding carboxylic acids is 1. The van der Waals surface area contributed by atoms with Gasteiger partial charge >= 0.3 is 12.1 Å². The number of carboxylic acids is 1. The van der Waals surface area contributed by atoms with Gasteiger partial charge in [-0.2, -0.15) is 13.2 Å². The maximum Gasteiger partial charge on any atom is 0.416 e. The Morgan fingerprint density at radius 1 is 1.07 bits per heavy atom. The Hall–Kier alpha value is -3.54. The summed E-state index contributed by atoms with van der Waals surface area (Å²) in [6.07, 6.45) is -1.26. The third kappa shape index (κ3) is 4.08. The minimum absolute atomic E-state index is 0.0622. The molecule has 0 aliphatic rings. The summed E-state index contributed by atoms with van der Waals surface area (Å²) in [5.41, 5.74) is -1.08. The molecule has 1 aromatic carbocycles. The summed E-state index contributed by atoms with van der Waals surface area (Å²) in [5.74, 6) is -2.04. The Bertz CT molecular complexity index is 1220. The van der Waals surface area contributed by atoms with E-state index in [1.54, 1.807) is 0 Å². The standard InChI is InChI=1S/C18H14F3N3O5S/c1-23-10-14(8-15(23)17(26)27)30(28,29)24-7-6-11(9-24)16(25)22-13-4-2-12(3-5-13)18(19,20)21/h2-10H,1H3,(H,22,25)(H,26,27). The molecule has 0 spiro atoms. The number of alkyl halides is 3. The van der Waals surface area contributed by atoms with Crippen molar-refractivity contribution in [2.24, 2.45) is 7.05 Å². The molecule has 0 radical (unpaired) electrons. The van der Waals surface area contributed by atoms with Crippen molar-refractivity contribution in [3.63, 3.8) is 0 Å². The van der Waals surface area contributed by atoms with Crippen LogP contribution in [-0.4, -0.2) is 33.9 Å². The van der Waals surface area contributed by atoms with Crippen LogP contribution in [0.15, 0.2) is 59.9 Å². The molecular formula is C18H14F3N3O5S. The van der Waals surface area contributed by atoms with E-state index in [2.05, 4.69) is 5.32 Å². The summed E-state index contributed by atoms with van der Waals surface area (Å²) in [7, 11) is -2.78. The number of rotatable bonds is 5. The molecule has 0 saturated heterocycles. The second-order valence-electron chi connectivity index (χ2n) is 6.24. The van der Waals surface area contributed by atoms with E-state index in [1.165, 1.54) is 13.1 Å². The number of hydrogen-bond acceptors (Lipinski definition) is 4. The molecule has 3 aromatic rings. The van der Waals surface area contributed by atoms with Crippen LogP contribution in [-0.2, 0) is 23.2 Å². The summed E-state index contributed by atoms with van der Waals surface area (Å²) < 4.78 is 65.0. The van der Waals surface area contributed by atoms with Gasteiger partial charge in [-0.3, -0.25) is 4.79 Å². The number of aromatic nitrogens is 2. The van der Waals surface area contributed by atoms with Crippen molar-refractivity contribution in [2.45, 2.75) is 11.1 Å². The maximum atomic E-state index is 12.7. The first-order valence-corrected chi connectivity index (χ1v) is 9.65. The number of hydrogen-bond donors (Lipinski definition) is 2. The number of nitrogens with one attached hydrogen (secondary N) is 1. The molecule has 0 saturated carbocycles. The van der Waals surface area contributed by atoms with Crippen molar-refractivity contribution in [3.05, 3.63) is 71.8 Å². The van der Waals surface area contributed by atoms with Crippen molar-refractivity contribution < 1.29 is 36.3 Å². The van der Waals surface area contributed by atoms with Gasteiger partial charge in [-0.15, -0.1) is 0 Å². The molecule has 2 aromatic heterocycles. The summed E-state index contributed by atoms with van der Waals surface area (Å²) in [5, 5.41) is 11.4. The molecular weight excluding hydrogens is 427 g/mol. The predicted molar refractivity (Wildman–Crippen MR) is 98.8 cm³/mol. The third-order valence-electron chi connectivity index (χ3n) is 4.17. The number of anilines is 1. The zero-order valence-corrected chi connectivity index (χ0v) is 16.0. The maximum absolute atomic E-state index is 12.7. The number of benzene rings is 1. The first-order valence-electron chi connectivity index (χ1n) is 8.21. The van der Waals surface area contributed by atoms with Crippen LogP contribution in [0.25, 0.3) is 0 Å². The van der Waals surface area contributed by atoms with Gasteiger partial charge in [-0.25, -0.2) is 17.2 Å². The number of halogens is 3. The largest absolute Gasteiger partial charge is 0.477 e. The topological polar surface area (TPSA) is 110 Å². The Kier molecular flexibility index (Phi) is 5.20. The fraction of sp³-hybridized carbons (Fsp3) is 0.111. The van der Waals surface area contributed by atoms with E-state index in [0.717, 1.165) is 57.5 Å². The Labute approximate surface area is 168 Å². The quantitative estimate of drug-likeness (QED) is 0.633. The van der Waals surface area contributed by atoms with E-state index in [9.17, 15) is 31.2 Å². The van der Waals surface area contributed by atoms with E-state index >= 15 is 0 Å². The summed E-state index contributed by atoms with van der Waals surface area (Å²) in [6, 6.07) is 5.96. The molecule has 1 amide bonds. The number of aryl methyl sites for hydroxylation is 1. The van der Waals surface area contributed by atoms with E-state index in [0.29, 0.717) is 0 Å². The van der Waals surface area contributed by atoms with Crippen LogP contribution in [0.2, 0.25) is 0 Å². The number of aromatic carboxylic acids is 1. The van der Waals surface area contributed by atoms with Crippen LogP contribution < -0.4 is 5.32 Å². The van der Waals surface area contributed by atoms with E-state index in [1.807, 2.05) is 0 Å². The molecule has 3 rings (SSSR count). The Morgan fingerprint density at radius 3 is 2.23 bits per heavy atom. The van der Waals surface area contributed by atoms with Crippen molar-refractivity contribution in [1.82, 2.24) is 8.54 Å². The first kappa shape index (κ1) is 21.2. The van der Waals surface area contributed by atoms with Gasteiger partial charge in [0.25, 0.3) is 15.9 Å². The first-order chi connectivity index (χ1) is 13.9. The molecule has 0 unspecified atom stereocenters. The molecule has 0 atom stereocenters. The lowest BCUT2D eigenvalue weighted by Gasteiger charge is -2.08. The molecule has 12 heteroatoms. The lowest BCUT2D eigenvalue weighted by atomic mass is 10.2. The molecule has 2 N–H and O–H groups in total. The van der Waals surface area contributed by atoms with Gasteiger partial charge in [-0.1, -0.05) is 0 Å². The van der Waals surface area contributed by atoms with Crippen molar-refractivity contribution in [1.29, 1.82) is 0 Å². The zero-order chi connectivity index (χ0) is 22.3. The molecule has 8 nitrogen and oxygen atoms in total. The molecule has 0 fully saturated rings. The van der Waals surface area contributed by atoms with Gasteiger partial charge in [0.05, 0.1) is 11.1 Å². The van der Waals surface area contributed by atoms with Crippen LogP contribution in [0.4, 0.5) is 18.9 Å². The number of carbonyl (C=O) groups is 2. The average molecular weight is 441 g/mol. The van der Waals surface area contributed by atoms with Crippen LogP contribution in [0, 0.1) is 0 Å². The Balaban J connectivity index is 1.81. The highest BCUT2D eigenvalue weighted by Crippen LogP contribution is 2.30. The molecule has 30 heavy (non-hydrogen) atoms. The highest BCUT2D eigenvalue weighted by atomic mass is 32.2. The average Bonchev–Trinajstić information content (AvgIpc) is 3.29. The van der Waals surface area contributed by atoms with Crippen molar-refractivity contribution in [3.8, 4) is 0 Å². The molecule has 0 bridgehead atoms. The lowest BCUT2D eigenvalue weighted by Crippen LogP contribution is -2.13. The molecule has 2 heterocycles. The zero-order valence-electron chi connectivity index (χ0n) is 15.2. The van der Waals surface area contributed by atoms with Crippen LogP contribution in [0.5, 0.6) is 0 Å². The highest BCUT2D eigenvalue weighted by molar-refractivity contribution is 7.90.